The largest absolute Gasteiger partial charge is 0.383 e. The van der Waals surface area contributed by atoms with E-state index in [1.165, 1.54) is 0 Å². The van der Waals surface area contributed by atoms with E-state index in [9.17, 15) is 9.59 Å². The molecule has 1 rings (SSSR count). The Bertz CT molecular complexity index is 435. The average molecular weight is 299 g/mol. The molecule has 1 aromatic carbocycles. The fraction of sp³-hybridized carbons (Fsp3) is 0.429. The van der Waals surface area contributed by atoms with Crippen LogP contribution in [-0.2, 0) is 20.7 Å². The van der Waals surface area contributed by atoms with Crippen molar-refractivity contribution in [1.82, 2.24) is 10.6 Å². The SMILES string of the molecule is COCCNC(=O)CNC(=O)CCc1ccc(Cl)cc1. The topological polar surface area (TPSA) is 67.4 Å². The second-order valence-electron chi connectivity index (χ2n) is 4.25. The van der Waals surface area contributed by atoms with Gasteiger partial charge in [-0.1, -0.05) is 23.7 Å². The summed E-state index contributed by atoms with van der Waals surface area (Å²) in [7, 11) is 1.56. The Balaban J connectivity index is 2.17. The zero-order valence-electron chi connectivity index (χ0n) is 11.4. The van der Waals surface area contributed by atoms with Crippen molar-refractivity contribution in [2.75, 3.05) is 26.8 Å². The van der Waals surface area contributed by atoms with E-state index in [-0.39, 0.29) is 18.4 Å². The van der Waals surface area contributed by atoms with Gasteiger partial charge >= 0.3 is 0 Å². The third kappa shape index (κ3) is 7.11. The lowest BCUT2D eigenvalue weighted by molar-refractivity contribution is -0.126. The Morgan fingerprint density at radius 3 is 2.50 bits per heavy atom. The summed E-state index contributed by atoms with van der Waals surface area (Å²) < 4.78 is 4.80. The van der Waals surface area contributed by atoms with Crippen LogP contribution in [0.15, 0.2) is 24.3 Å². The standard InChI is InChI=1S/C14H19ClN2O3/c1-20-9-8-16-14(19)10-17-13(18)7-4-11-2-5-12(15)6-3-11/h2-3,5-6H,4,7-10H2,1H3,(H,16,19)(H,17,18). The van der Waals surface area contributed by atoms with E-state index in [4.69, 9.17) is 16.3 Å². The molecule has 0 saturated carbocycles. The Hall–Kier alpha value is -1.59. The van der Waals surface area contributed by atoms with Gasteiger partial charge in [-0.3, -0.25) is 9.59 Å². The number of hydrogen-bond donors (Lipinski definition) is 2. The lowest BCUT2D eigenvalue weighted by atomic mass is 10.1. The Kier molecular flexibility index (Phi) is 7.69. The molecule has 0 radical (unpaired) electrons. The summed E-state index contributed by atoms with van der Waals surface area (Å²) in [6, 6.07) is 7.34. The maximum atomic E-state index is 11.6. The molecule has 1 aromatic rings. The molecule has 0 fully saturated rings. The Morgan fingerprint density at radius 1 is 1.15 bits per heavy atom. The van der Waals surface area contributed by atoms with Crippen LogP contribution in [0.2, 0.25) is 5.02 Å². The van der Waals surface area contributed by atoms with E-state index in [0.717, 1.165) is 5.56 Å². The maximum Gasteiger partial charge on any atom is 0.239 e. The van der Waals surface area contributed by atoms with Crippen LogP contribution in [0.3, 0.4) is 0 Å². The molecule has 0 aliphatic rings. The van der Waals surface area contributed by atoms with Gasteiger partial charge in [0.05, 0.1) is 13.2 Å². The summed E-state index contributed by atoms with van der Waals surface area (Å²) in [5.41, 5.74) is 1.04. The van der Waals surface area contributed by atoms with E-state index in [1.807, 2.05) is 12.1 Å². The Labute approximate surface area is 123 Å². The fourth-order valence-corrected chi connectivity index (χ4v) is 1.66. The predicted molar refractivity (Wildman–Crippen MR) is 77.7 cm³/mol. The lowest BCUT2D eigenvalue weighted by Crippen LogP contribution is -2.38. The number of ether oxygens (including phenoxy) is 1. The van der Waals surface area contributed by atoms with E-state index in [2.05, 4.69) is 10.6 Å². The maximum absolute atomic E-state index is 11.6. The molecule has 0 heterocycles. The van der Waals surface area contributed by atoms with Gasteiger partial charge in [-0.15, -0.1) is 0 Å². The van der Waals surface area contributed by atoms with Crippen molar-refractivity contribution in [2.24, 2.45) is 0 Å². The first kappa shape index (κ1) is 16.5. The second kappa shape index (κ2) is 9.34. The molecule has 110 valence electrons. The monoisotopic (exact) mass is 298 g/mol. The molecular weight excluding hydrogens is 280 g/mol. The van der Waals surface area contributed by atoms with Gasteiger partial charge in [-0.25, -0.2) is 0 Å². The highest BCUT2D eigenvalue weighted by Crippen LogP contribution is 2.10. The van der Waals surface area contributed by atoms with E-state index in [0.29, 0.717) is 31.0 Å². The van der Waals surface area contributed by atoms with Crippen molar-refractivity contribution >= 4 is 23.4 Å². The minimum Gasteiger partial charge on any atom is -0.383 e. The lowest BCUT2D eigenvalue weighted by Gasteiger charge is -2.06. The summed E-state index contributed by atoms with van der Waals surface area (Å²) in [5, 5.41) is 5.87. The number of hydrogen-bond acceptors (Lipinski definition) is 3. The van der Waals surface area contributed by atoms with Gasteiger partial charge in [0.2, 0.25) is 11.8 Å². The molecule has 0 aliphatic carbocycles. The van der Waals surface area contributed by atoms with Crippen LogP contribution in [-0.4, -0.2) is 38.6 Å². The highest BCUT2D eigenvalue weighted by Gasteiger charge is 2.05. The van der Waals surface area contributed by atoms with Gasteiger partial charge in [-0.2, -0.15) is 0 Å². The molecule has 0 bridgehead atoms. The number of nitrogens with one attached hydrogen (secondary N) is 2. The normalized spacial score (nSPS) is 10.1. The zero-order chi connectivity index (χ0) is 14.8. The molecule has 0 atom stereocenters. The summed E-state index contributed by atoms with van der Waals surface area (Å²) in [6.07, 6.45) is 0.960. The summed E-state index contributed by atoms with van der Waals surface area (Å²) in [5.74, 6) is -0.372. The molecule has 2 amide bonds. The fourth-order valence-electron chi connectivity index (χ4n) is 1.53. The molecular formula is C14H19ClN2O3. The minimum absolute atomic E-state index is 0.0107. The van der Waals surface area contributed by atoms with Crippen LogP contribution in [0.1, 0.15) is 12.0 Å². The molecule has 0 aliphatic heterocycles. The van der Waals surface area contributed by atoms with E-state index < -0.39 is 0 Å². The zero-order valence-corrected chi connectivity index (χ0v) is 12.2. The Morgan fingerprint density at radius 2 is 1.85 bits per heavy atom. The van der Waals surface area contributed by atoms with Gasteiger partial charge in [0.15, 0.2) is 0 Å². The first-order valence-corrected chi connectivity index (χ1v) is 6.76. The third-order valence-electron chi connectivity index (χ3n) is 2.63. The number of aryl methyl sites for hydroxylation is 1. The number of benzene rings is 1. The highest BCUT2D eigenvalue weighted by atomic mass is 35.5. The van der Waals surface area contributed by atoms with Gasteiger partial charge < -0.3 is 15.4 Å². The third-order valence-corrected chi connectivity index (χ3v) is 2.88. The smallest absolute Gasteiger partial charge is 0.239 e. The number of carbonyl (C=O) groups is 2. The van der Waals surface area contributed by atoms with Crippen molar-refractivity contribution < 1.29 is 14.3 Å². The van der Waals surface area contributed by atoms with Gasteiger partial charge in [0.25, 0.3) is 0 Å². The van der Waals surface area contributed by atoms with E-state index >= 15 is 0 Å². The molecule has 0 unspecified atom stereocenters. The molecule has 20 heavy (non-hydrogen) atoms. The number of methoxy groups -OCH3 is 1. The first-order chi connectivity index (χ1) is 9.61. The van der Waals surface area contributed by atoms with Crippen molar-refractivity contribution in [2.45, 2.75) is 12.8 Å². The molecule has 0 spiro atoms. The van der Waals surface area contributed by atoms with Crippen LogP contribution < -0.4 is 10.6 Å². The number of rotatable bonds is 8. The first-order valence-electron chi connectivity index (χ1n) is 6.38. The van der Waals surface area contributed by atoms with Crippen LogP contribution >= 0.6 is 11.6 Å². The summed E-state index contributed by atoms with van der Waals surface area (Å²) >= 11 is 5.78. The number of halogens is 1. The van der Waals surface area contributed by atoms with Crippen LogP contribution in [0.25, 0.3) is 0 Å². The minimum atomic E-state index is -0.220. The molecule has 2 N–H and O–H groups in total. The molecule has 0 aromatic heterocycles. The molecule has 5 nitrogen and oxygen atoms in total. The number of carbonyl (C=O) groups excluding carboxylic acids is 2. The summed E-state index contributed by atoms with van der Waals surface area (Å²) in [6.45, 7) is 0.884. The van der Waals surface area contributed by atoms with Gasteiger partial charge in [0, 0.05) is 25.1 Å². The van der Waals surface area contributed by atoms with Gasteiger partial charge in [0.1, 0.15) is 0 Å². The highest BCUT2D eigenvalue weighted by molar-refractivity contribution is 6.30. The average Bonchev–Trinajstić information content (AvgIpc) is 2.45. The van der Waals surface area contributed by atoms with Crippen molar-refractivity contribution in [1.29, 1.82) is 0 Å². The van der Waals surface area contributed by atoms with Gasteiger partial charge in [-0.05, 0) is 24.1 Å². The molecule has 0 saturated heterocycles. The van der Waals surface area contributed by atoms with Crippen LogP contribution in [0.5, 0.6) is 0 Å². The second-order valence-corrected chi connectivity index (χ2v) is 4.68. The molecule has 6 heteroatoms. The van der Waals surface area contributed by atoms with Crippen molar-refractivity contribution in [3.63, 3.8) is 0 Å². The quantitative estimate of drug-likeness (QED) is 0.708. The van der Waals surface area contributed by atoms with E-state index in [1.54, 1.807) is 19.2 Å². The number of amides is 2. The van der Waals surface area contributed by atoms with Crippen molar-refractivity contribution in [3.8, 4) is 0 Å². The van der Waals surface area contributed by atoms with Crippen LogP contribution in [0.4, 0.5) is 0 Å². The predicted octanol–water partition coefficient (Wildman–Crippen LogP) is 1.15. The summed E-state index contributed by atoms with van der Waals surface area (Å²) in [4.78, 5) is 22.9. The van der Waals surface area contributed by atoms with Crippen molar-refractivity contribution in [3.05, 3.63) is 34.9 Å². The van der Waals surface area contributed by atoms with Crippen LogP contribution in [0, 0.1) is 0 Å².